The van der Waals surface area contributed by atoms with E-state index in [4.69, 9.17) is 40.5 Å². The van der Waals surface area contributed by atoms with Gasteiger partial charge in [0.1, 0.15) is 5.82 Å². The number of hydrogen-bond acceptors (Lipinski definition) is 1. The monoisotopic (exact) mass is 331 g/mol. The van der Waals surface area contributed by atoms with Crippen molar-refractivity contribution >= 4 is 34.8 Å². The van der Waals surface area contributed by atoms with Gasteiger partial charge in [0, 0.05) is 26.7 Å². The zero-order valence-electron chi connectivity index (χ0n) is 10.5. The molecule has 106 valence electrons. The number of benzene rings is 2. The molecule has 0 spiro atoms. The third kappa shape index (κ3) is 3.86. The summed E-state index contributed by atoms with van der Waals surface area (Å²) in [7, 11) is 0. The van der Waals surface area contributed by atoms with E-state index in [1.54, 1.807) is 30.3 Å². The van der Waals surface area contributed by atoms with E-state index in [1.807, 2.05) is 0 Å². The van der Waals surface area contributed by atoms with Crippen molar-refractivity contribution < 1.29 is 4.39 Å². The molecule has 0 saturated carbocycles. The molecular weight excluding hydrogens is 320 g/mol. The van der Waals surface area contributed by atoms with Gasteiger partial charge in [-0.3, -0.25) is 0 Å². The lowest BCUT2D eigenvalue weighted by molar-refractivity contribution is 0.584. The molecular formula is C15H13Cl3FN. The van der Waals surface area contributed by atoms with E-state index < -0.39 is 0 Å². The summed E-state index contributed by atoms with van der Waals surface area (Å²) in [4.78, 5) is 0. The molecule has 0 aliphatic heterocycles. The highest BCUT2D eigenvalue weighted by Crippen LogP contribution is 2.24. The lowest BCUT2D eigenvalue weighted by Crippen LogP contribution is -2.26. The molecule has 2 N–H and O–H groups in total. The minimum atomic E-state index is -0.342. The first-order valence-corrected chi connectivity index (χ1v) is 7.23. The maximum atomic E-state index is 13.7. The van der Waals surface area contributed by atoms with Gasteiger partial charge in [-0.2, -0.15) is 0 Å². The molecule has 0 saturated heterocycles. The highest BCUT2D eigenvalue weighted by Gasteiger charge is 2.13. The topological polar surface area (TPSA) is 26.0 Å². The Hall–Kier alpha value is -0.800. The largest absolute Gasteiger partial charge is 0.327 e. The molecule has 1 nitrogen and oxygen atoms in total. The van der Waals surface area contributed by atoms with Crippen LogP contribution in [0.1, 0.15) is 11.1 Å². The van der Waals surface area contributed by atoms with Crippen molar-refractivity contribution in [1.82, 2.24) is 0 Å². The van der Waals surface area contributed by atoms with E-state index in [1.165, 1.54) is 6.07 Å². The Bertz CT molecular complexity index is 596. The van der Waals surface area contributed by atoms with Gasteiger partial charge < -0.3 is 5.73 Å². The number of nitrogens with two attached hydrogens (primary N) is 1. The lowest BCUT2D eigenvalue weighted by Gasteiger charge is -2.14. The maximum absolute atomic E-state index is 13.7. The molecule has 0 aromatic heterocycles. The minimum Gasteiger partial charge on any atom is -0.327 e. The molecule has 1 unspecified atom stereocenters. The van der Waals surface area contributed by atoms with E-state index in [9.17, 15) is 4.39 Å². The van der Waals surface area contributed by atoms with Crippen LogP contribution in [0, 0.1) is 5.82 Å². The van der Waals surface area contributed by atoms with Crippen molar-refractivity contribution in [2.24, 2.45) is 5.73 Å². The Morgan fingerprint density at radius 1 is 1.00 bits per heavy atom. The summed E-state index contributed by atoms with van der Waals surface area (Å²) in [5, 5.41) is 1.59. The molecule has 2 aromatic carbocycles. The average molecular weight is 333 g/mol. The van der Waals surface area contributed by atoms with E-state index in [0.29, 0.717) is 33.5 Å². The summed E-state index contributed by atoms with van der Waals surface area (Å²) in [5.41, 5.74) is 7.34. The first kappa shape index (κ1) is 15.6. The summed E-state index contributed by atoms with van der Waals surface area (Å²) >= 11 is 18.0. The van der Waals surface area contributed by atoms with Crippen LogP contribution in [0.4, 0.5) is 4.39 Å². The Balaban J connectivity index is 2.13. The maximum Gasteiger partial charge on any atom is 0.127 e. The van der Waals surface area contributed by atoms with Crippen LogP contribution in [0.5, 0.6) is 0 Å². The van der Waals surface area contributed by atoms with Gasteiger partial charge >= 0.3 is 0 Å². The van der Waals surface area contributed by atoms with Crippen LogP contribution in [0.3, 0.4) is 0 Å². The van der Waals surface area contributed by atoms with Crippen LogP contribution in [0.2, 0.25) is 15.1 Å². The molecule has 1 atom stereocenters. The molecule has 20 heavy (non-hydrogen) atoms. The SMILES string of the molecule is NC(Cc1cc(Cl)ccc1Cl)Cc1c(F)cccc1Cl. The van der Waals surface area contributed by atoms with Gasteiger partial charge in [0.15, 0.2) is 0 Å². The van der Waals surface area contributed by atoms with E-state index in [2.05, 4.69) is 0 Å². The Labute approximate surface area is 132 Å². The van der Waals surface area contributed by atoms with Crippen LogP contribution in [0.15, 0.2) is 36.4 Å². The van der Waals surface area contributed by atoms with Crippen LogP contribution < -0.4 is 5.73 Å². The summed E-state index contributed by atoms with van der Waals surface area (Å²) in [5.74, 6) is -0.342. The molecule has 0 heterocycles. The molecule has 0 fully saturated rings. The van der Waals surface area contributed by atoms with E-state index in [0.717, 1.165) is 5.56 Å². The molecule has 0 aliphatic carbocycles. The highest BCUT2D eigenvalue weighted by molar-refractivity contribution is 6.33. The van der Waals surface area contributed by atoms with Gasteiger partial charge in [0.2, 0.25) is 0 Å². The van der Waals surface area contributed by atoms with Crippen LogP contribution in [0.25, 0.3) is 0 Å². The number of hydrogen-bond donors (Lipinski definition) is 1. The first-order chi connectivity index (χ1) is 9.47. The molecule has 0 amide bonds. The molecule has 2 rings (SSSR count). The van der Waals surface area contributed by atoms with Crippen molar-refractivity contribution in [3.8, 4) is 0 Å². The fraction of sp³-hybridized carbons (Fsp3) is 0.200. The predicted molar refractivity (Wildman–Crippen MR) is 83.3 cm³/mol. The third-order valence-corrected chi connectivity index (χ3v) is 3.98. The van der Waals surface area contributed by atoms with Gasteiger partial charge in [-0.05, 0) is 48.7 Å². The average Bonchev–Trinajstić information content (AvgIpc) is 2.38. The van der Waals surface area contributed by atoms with Gasteiger partial charge in [-0.15, -0.1) is 0 Å². The summed E-state index contributed by atoms with van der Waals surface area (Å²) < 4.78 is 13.7. The highest BCUT2D eigenvalue weighted by atomic mass is 35.5. The van der Waals surface area contributed by atoms with Gasteiger partial charge in [-0.25, -0.2) is 4.39 Å². The zero-order chi connectivity index (χ0) is 14.7. The fourth-order valence-electron chi connectivity index (χ4n) is 2.04. The Morgan fingerprint density at radius 2 is 1.75 bits per heavy atom. The molecule has 5 heteroatoms. The summed E-state index contributed by atoms with van der Waals surface area (Å²) in [6, 6.07) is 9.52. The van der Waals surface area contributed by atoms with Crippen LogP contribution >= 0.6 is 34.8 Å². The predicted octanol–water partition coefficient (Wildman–Crippen LogP) is 4.90. The quantitative estimate of drug-likeness (QED) is 0.847. The normalized spacial score (nSPS) is 12.4. The van der Waals surface area contributed by atoms with Gasteiger partial charge in [0.25, 0.3) is 0 Å². The van der Waals surface area contributed by atoms with Gasteiger partial charge in [0.05, 0.1) is 0 Å². The van der Waals surface area contributed by atoms with E-state index >= 15 is 0 Å². The summed E-state index contributed by atoms with van der Waals surface area (Å²) in [6.45, 7) is 0. The molecule has 0 bridgehead atoms. The van der Waals surface area contributed by atoms with Crippen molar-refractivity contribution in [3.63, 3.8) is 0 Å². The smallest absolute Gasteiger partial charge is 0.127 e. The van der Waals surface area contributed by atoms with Crippen LogP contribution in [-0.2, 0) is 12.8 Å². The van der Waals surface area contributed by atoms with Crippen molar-refractivity contribution in [2.45, 2.75) is 18.9 Å². The number of halogens is 4. The third-order valence-electron chi connectivity index (χ3n) is 3.02. The minimum absolute atomic E-state index is 0.291. The fourth-order valence-corrected chi connectivity index (χ4v) is 2.67. The first-order valence-electron chi connectivity index (χ1n) is 6.09. The molecule has 0 radical (unpaired) electrons. The second kappa shape index (κ2) is 6.77. The molecule has 0 aliphatic rings. The Morgan fingerprint density at radius 3 is 2.45 bits per heavy atom. The standard InChI is InChI=1S/C15H13Cl3FN/c16-10-4-5-13(17)9(6-10)7-11(20)8-12-14(18)2-1-3-15(12)19/h1-6,11H,7-8,20H2. The number of rotatable bonds is 4. The Kier molecular flexibility index (Phi) is 5.28. The summed E-state index contributed by atoms with van der Waals surface area (Å²) in [6.07, 6.45) is 0.846. The zero-order valence-corrected chi connectivity index (χ0v) is 12.8. The van der Waals surface area contributed by atoms with Gasteiger partial charge in [-0.1, -0.05) is 40.9 Å². The second-order valence-electron chi connectivity index (χ2n) is 4.60. The lowest BCUT2D eigenvalue weighted by atomic mass is 9.99. The van der Waals surface area contributed by atoms with Crippen LogP contribution in [-0.4, -0.2) is 6.04 Å². The van der Waals surface area contributed by atoms with Crippen molar-refractivity contribution in [3.05, 3.63) is 68.4 Å². The van der Waals surface area contributed by atoms with Crippen molar-refractivity contribution in [1.29, 1.82) is 0 Å². The molecule has 2 aromatic rings. The van der Waals surface area contributed by atoms with Crippen molar-refractivity contribution in [2.75, 3.05) is 0 Å². The van der Waals surface area contributed by atoms with E-state index in [-0.39, 0.29) is 11.9 Å². The second-order valence-corrected chi connectivity index (χ2v) is 5.86.